The van der Waals surface area contributed by atoms with Crippen LogP contribution >= 0.6 is 0 Å². The number of rotatable bonds is 11. The Balaban J connectivity index is 1.28. The van der Waals surface area contributed by atoms with Gasteiger partial charge in [-0.05, 0) is 73.9 Å². The topological polar surface area (TPSA) is 111 Å². The predicted molar refractivity (Wildman–Crippen MR) is 201 cm³/mol. The molecule has 1 aliphatic heterocycles. The van der Waals surface area contributed by atoms with Gasteiger partial charge in [0.15, 0.2) is 9.84 Å². The van der Waals surface area contributed by atoms with E-state index >= 15 is 0 Å². The number of esters is 1. The average molecular weight is 722 g/mol. The van der Waals surface area contributed by atoms with E-state index in [-0.39, 0.29) is 24.1 Å². The van der Waals surface area contributed by atoms with Crippen LogP contribution in [-0.4, -0.2) is 54.8 Å². The van der Waals surface area contributed by atoms with Gasteiger partial charge in [0.05, 0.1) is 35.9 Å². The zero-order valence-electron chi connectivity index (χ0n) is 29.8. The van der Waals surface area contributed by atoms with Crippen LogP contribution in [0.3, 0.4) is 0 Å². The van der Waals surface area contributed by atoms with Crippen LogP contribution in [-0.2, 0) is 52.5 Å². The number of carbonyl (C=O) groups excluding carboxylic acids is 1. The van der Waals surface area contributed by atoms with E-state index in [1.54, 1.807) is 12.1 Å². The lowest BCUT2D eigenvalue weighted by molar-refractivity contribution is 0.0512. The molecule has 0 atom stereocenters. The molecule has 6 aromatic rings. The summed E-state index contributed by atoms with van der Waals surface area (Å²) in [5, 5.41) is 8.08. The molecule has 0 spiro atoms. The van der Waals surface area contributed by atoms with Gasteiger partial charge in [0.2, 0.25) is 0 Å². The van der Waals surface area contributed by atoms with Gasteiger partial charge in [0.1, 0.15) is 29.5 Å². The molecule has 0 N–H and O–H groups in total. The Morgan fingerprint density at radius 3 is 2.50 bits per heavy atom. The molecule has 1 aliphatic rings. The molecule has 11 heteroatoms. The van der Waals surface area contributed by atoms with E-state index in [4.69, 9.17) is 24.0 Å². The molecule has 7 rings (SSSR count). The van der Waals surface area contributed by atoms with E-state index in [1.165, 1.54) is 18.4 Å². The highest BCUT2D eigenvalue weighted by Crippen LogP contribution is 2.40. The Kier molecular flexibility index (Phi) is 10.3. The summed E-state index contributed by atoms with van der Waals surface area (Å²) < 4.78 is 52.3. The molecule has 0 radical (unpaired) electrons. The first-order chi connectivity index (χ1) is 25.2. The molecule has 0 aliphatic carbocycles. The predicted octanol–water partition coefficient (Wildman–Crippen LogP) is 7.68. The summed E-state index contributed by atoms with van der Waals surface area (Å²) in [5.74, 6) is 1.03. The highest BCUT2D eigenvalue weighted by Gasteiger charge is 2.29. The molecule has 10 nitrogen and oxygen atoms in total. The number of sulfone groups is 1. The zero-order chi connectivity index (χ0) is 36.2. The fraction of sp³-hybridized carbons (Fsp3) is 0.317. The zero-order valence-corrected chi connectivity index (χ0v) is 30.6. The van der Waals surface area contributed by atoms with Crippen molar-refractivity contribution in [2.75, 3.05) is 26.1 Å². The number of para-hydroxylation sites is 1. The minimum atomic E-state index is -3.33. The maximum atomic E-state index is 13.9. The first-order valence-electron chi connectivity index (χ1n) is 17.7. The number of benzene rings is 4. The van der Waals surface area contributed by atoms with Crippen molar-refractivity contribution in [1.82, 2.24) is 14.3 Å². The number of ether oxygens (including phenoxy) is 4. The standard InChI is InChI=1S/C41H43N3O7S/c1-4-49-41(45)40-33(17-11-25-50-37-18-9-13-28-12-5-6-14-31(28)37)32-15-10-16-34-38-35(26-51-29-19-21-30(22-20-29)52(3,46)47)42-43(2)36(38)27-48-24-8-7-23-44(40)39(32)34/h5-6,9-10,12-16,18-22H,4,7-8,11,17,23-27H2,1-3H3. The molecule has 4 aromatic carbocycles. The number of aromatic nitrogens is 3. The van der Waals surface area contributed by atoms with Crippen LogP contribution in [0.5, 0.6) is 11.5 Å². The van der Waals surface area contributed by atoms with Crippen LogP contribution < -0.4 is 9.47 Å². The number of carbonyl (C=O) groups is 1. The fourth-order valence-corrected chi connectivity index (χ4v) is 7.75. The van der Waals surface area contributed by atoms with Crippen molar-refractivity contribution in [1.29, 1.82) is 0 Å². The minimum absolute atomic E-state index is 0.140. The Morgan fingerprint density at radius 1 is 0.923 bits per heavy atom. The van der Waals surface area contributed by atoms with Gasteiger partial charge >= 0.3 is 5.97 Å². The largest absolute Gasteiger partial charge is 0.493 e. The van der Waals surface area contributed by atoms with E-state index in [1.807, 2.05) is 49.0 Å². The van der Waals surface area contributed by atoms with E-state index in [0.29, 0.717) is 56.3 Å². The third kappa shape index (κ3) is 7.15. The lowest BCUT2D eigenvalue weighted by Crippen LogP contribution is -2.15. The van der Waals surface area contributed by atoms with Gasteiger partial charge in [0.25, 0.3) is 0 Å². The number of hydrogen-bond donors (Lipinski definition) is 0. The first kappa shape index (κ1) is 35.3. The Labute approximate surface area is 303 Å². The molecule has 270 valence electrons. The van der Waals surface area contributed by atoms with Crippen molar-refractivity contribution in [2.45, 2.75) is 57.3 Å². The van der Waals surface area contributed by atoms with E-state index < -0.39 is 9.84 Å². The van der Waals surface area contributed by atoms with Crippen LogP contribution in [0.2, 0.25) is 0 Å². The normalized spacial score (nSPS) is 13.4. The number of fused-ring (bicyclic) bond motifs is 3. The van der Waals surface area contributed by atoms with Crippen molar-refractivity contribution in [3.63, 3.8) is 0 Å². The van der Waals surface area contributed by atoms with Crippen LogP contribution in [0.1, 0.15) is 53.6 Å². The molecule has 0 fully saturated rings. The molecule has 0 saturated carbocycles. The Hall–Kier alpha value is -5.13. The molecule has 52 heavy (non-hydrogen) atoms. The molecule has 0 amide bonds. The lowest BCUT2D eigenvalue weighted by atomic mass is 9.98. The Bertz CT molecular complexity index is 2340. The third-order valence-corrected chi connectivity index (χ3v) is 10.7. The van der Waals surface area contributed by atoms with Gasteiger partial charge in [-0.15, -0.1) is 0 Å². The highest BCUT2D eigenvalue weighted by atomic mass is 32.2. The summed E-state index contributed by atoms with van der Waals surface area (Å²) in [6.45, 7) is 4.27. The van der Waals surface area contributed by atoms with E-state index in [0.717, 1.165) is 62.7 Å². The molecule has 0 bridgehead atoms. The maximum Gasteiger partial charge on any atom is 0.355 e. The first-order valence-corrected chi connectivity index (χ1v) is 19.6. The average Bonchev–Trinajstić information content (AvgIpc) is 3.62. The van der Waals surface area contributed by atoms with E-state index in [2.05, 4.69) is 34.9 Å². The summed E-state index contributed by atoms with van der Waals surface area (Å²) >= 11 is 0. The smallest absolute Gasteiger partial charge is 0.355 e. The van der Waals surface area contributed by atoms with Crippen molar-refractivity contribution in [2.24, 2.45) is 7.05 Å². The lowest BCUT2D eigenvalue weighted by Gasteiger charge is -2.14. The molecule has 0 unspecified atom stereocenters. The number of aryl methyl sites for hydroxylation is 3. The van der Waals surface area contributed by atoms with Gasteiger partial charge in [-0.3, -0.25) is 4.68 Å². The summed E-state index contributed by atoms with van der Waals surface area (Å²) in [6.07, 6.45) is 4.14. The summed E-state index contributed by atoms with van der Waals surface area (Å²) in [5.41, 5.74) is 5.89. The van der Waals surface area contributed by atoms with Crippen molar-refractivity contribution in [3.05, 3.63) is 108 Å². The molecular weight excluding hydrogens is 679 g/mol. The maximum absolute atomic E-state index is 13.9. The van der Waals surface area contributed by atoms with Crippen molar-refractivity contribution < 1.29 is 32.2 Å². The van der Waals surface area contributed by atoms with Crippen molar-refractivity contribution >= 4 is 37.5 Å². The number of nitrogens with zero attached hydrogens (tertiary/aromatic N) is 3. The fourth-order valence-electron chi connectivity index (χ4n) is 7.12. The molecule has 3 heterocycles. The van der Waals surface area contributed by atoms with Gasteiger partial charge < -0.3 is 23.5 Å². The van der Waals surface area contributed by atoms with Gasteiger partial charge in [-0.2, -0.15) is 5.10 Å². The second-order valence-electron chi connectivity index (χ2n) is 13.0. The summed E-state index contributed by atoms with van der Waals surface area (Å²) in [4.78, 5) is 14.1. The second kappa shape index (κ2) is 15.2. The second-order valence-corrected chi connectivity index (χ2v) is 15.0. The third-order valence-electron chi connectivity index (χ3n) is 9.53. The van der Waals surface area contributed by atoms with Crippen LogP contribution in [0.25, 0.3) is 32.8 Å². The quantitative estimate of drug-likeness (QED) is 0.0990. The van der Waals surface area contributed by atoms with Gasteiger partial charge in [0, 0.05) is 48.4 Å². The van der Waals surface area contributed by atoms with Gasteiger partial charge in [-0.25, -0.2) is 13.2 Å². The Morgan fingerprint density at radius 2 is 1.69 bits per heavy atom. The molecular formula is C41H43N3O7S. The monoisotopic (exact) mass is 721 g/mol. The molecule has 0 saturated heterocycles. The van der Waals surface area contributed by atoms with Crippen LogP contribution in [0.4, 0.5) is 0 Å². The minimum Gasteiger partial charge on any atom is -0.493 e. The SMILES string of the molecule is CCOC(=O)c1c(CCCOc2cccc3ccccc23)c2cccc3c2n1CCCCOCc1c-3c(COc2ccc(S(C)(=O)=O)cc2)nn1C. The highest BCUT2D eigenvalue weighted by molar-refractivity contribution is 7.90. The van der Waals surface area contributed by atoms with E-state index in [9.17, 15) is 13.2 Å². The van der Waals surface area contributed by atoms with Gasteiger partial charge in [-0.1, -0.05) is 54.6 Å². The molecule has 2 aromatic heterocycles. The summed E-state index contributed by atoms with van der Waals surface area (Å²) in [7, 11) is -1.43. The van der Waals surface area contributed by atoms with Crippen LogP contribution in [0.15, 0.2) is 89.8 Å². The summed E-state index contributed by atoms with van der Waals surface area (Å²) in [6, 6.07) is 26.8. The number of hydrogen-bond acceptors (Lipinski definition) is 8. The van der Waals surface area contributed by atoms with Crippen LogP contribution in [0, 0.1) is 0 Å². The van der Waals surface area contributed by atoms with Crippen molar-refractivity contribution in [3.8, 4) is 22.6 Å².